The number of para-hydroxylation sites is 1. The molecule has 0 aliphatic carbocycles. The zero-order valence-corrected chi connectivity index (χ0v) is 18.1. The van der Waals surface area contributed by atoms with E-state index < -0.39 is 0 Å². The molecule has 156 valence electrons. The number of amides is 1. The van der Waals surface area contributed by atoms with Crippen molar-refractivity contribution in [1.82, 2.24) is 4.98 Å². The van der Waals surface area contributed by atoms with Gasteiger partial charge >= 0.3 is 0 Å². The number of anilines is 3. The second-order valence-electron chi connectivity index (χ2n) is 6.75. The average Bonchev–Trinajstić information content (AvgIpc) is 3.25. The van der Waals surface area contributed by atoms with Gasteiger partial charge in [-0.05, 0) is 29.8 Å². The van der Waals surface area contributed by atoms with Crippen molar-refractivity contribution in [2.45, 2.75) is 6.61 Å². The van der Waals surface area contributed by atoms with Crippen molar-refractivity contribution >= 4 is 45.4 Å². The first-order chi connectivity index (χ1) is 15.2. The Labute approximate surface area is 189 Å². The van der Waals surface area contributed by atoms with Crippen LogP contribution in [-0.2, 0) is 16.1 Å². The highest BCUT2D eigenvalue weighted by atomic mass is 35.5. The van der Waals surface area contributed by atoms with Crippen LogP contribution in [-0.4, -0.2) is 17.5 Å². The number of hydrogen-bond acceptors (Lipinski definition) is 5. The maximum Gasteiger partial charge on any atom is 0.250 e. The molecule has 4 aromatic rings. The number of thiazole rings is 1. The summed E-state index contributed by atoms with van der Waals surface area (Å²) >= 11 is 7.69. The van der Waals surface area contributed by atoms with Gasteiger partial charge in [0, 0.05) is 16.6 Å². The lowest BCUT2D eigenvalue weighted by atomic mass is 10.1. The molecule has 0 fully saturated rings. The van der Waals surface area contributed by atoms with Crippen molar-refractivity contribution in [2.24, 2.45) is 0 Å². The van der Waals surface area contributed by atoms with Crippen LogP contribution in [0.4, 0.5) is 16.5 Å². The summed E-state index contributed by atoms with van der Waals surface area (Å²) in [4.78, 5) is 16.7. The van der Waals surface area contributed by atoms with Crippen LogP contribution < -0.4 is 10.6 Å². The molecule has 0 bridgehead atoms. The van der Waals surface area contributed by atoms with Crippen LogP contribution in [0, 0.1) is 0 Å². The highest BCUT2D eigenvalue weighted by molar-refractivity contribution is 7.14. The van der Waals surface area contributed by atoms with Crippen LogP contribution in [0.15, 0.2) is 84.2 Å². The van der Waals surface area contributed by atoms with Crippen LogP contribution in [0.1, 0.15) is 5.56 Å². The predicted molar refractivity (Wildman–Crippen MR) is 127 cm³/mol. The minimum atomic E-state index is -0.191. The first kappa shape index (κ1) is 21.1. The number of halogens is 1. The van der Waals surface area contributed by atoms with E-state index in [-0.39, 0.29) is 12.5 Å². The Bertz CT molecular complexity index is 1150. The molecular formula is C24H20ClN3O2S. The molecule has 0 aliphatic heterocycles. The maximum atomic E-state index is 12.1. The lowest BCUT2D eigenvalue weighted by Crippen LogP contribution is -2.18. The molecular weight excluding hydrogens is 430 g/mol. The van der Waals surface area contributed by atoms with Gasteiger partial charge in [0.2, 0.25) is 5.91 Å². The van der Waals surface area contributed by atoms with Gasteiger partial charge in [-0.25, -0.2) is 4.98 Å². The number of benzene rings is 3. The van der Waals surface area contributed by atoms with Crippen molar-refractivity contribution in [3.05, 3.63) is 94.8 Å². The van der Waals surface area contributed by atoms with Crippen molar-refractivity contribution in [3.8, 4) is 11.3 Å². The summed E-state index contributed by atoms with van der Waals surface area (Å²) in [6.45, 7) is 0.404. The molecule has 0 atom stereocenters. The number of hydrogen-bond donors (Lipinski definition) is 2. The van der Waals surface area contributed by atoms with Gasteiger partial charge in [0.05, 0.1) is 23.0 Å². The number of carbonyl (C=O) groups excluding carboxylic acids is 1. The Kier molecular flexibility index (Phi) is 6.94. The van der Waals surface area contributed by atoms with Gasteiger partial charge in [-0.1, -0.05) is 66.2 Å². The summed E-state index contributed by atoms with van der Waals surface area (Å²) in [5.74, 6) is -0.191. The van der Waals surface area contributed by atoms with Crippen LogP contribution >= 0.6 is 22.9 Å². The Morgan fingerprint density at radius 3 is 2.48 bits per heavy atom. The van der Waals surface area contributed by atoms with E-state index in [1.54, 1.807) is 0 Å². The number of aromatic nitrogens is 1. The molecule has 5 nitrogen and oxygen atoms in total. The Balaban J connectivity index is 1.30. The Morgan fingerprint density at radius 1 is 0.968 bits per heavy atom. The summed E-state index contributed by atoms with van der Waals surface area (Å²) in [6, 6.07) is 24.9. The third kappa shape index (κ3) is 5.92. The molecule has 1 aromatic heterocycles. The van der Waals surface area contributed by atoms with E-state index in [0.29, 0.717) is 17.3 Å². The van der Waals surface area contributed by atoms with E-state index in [1.807, 2.05) is 84.2 Å². The van der Waals surface area contributed by atoms with E-state index in [4.69, 9.17) is 16.3 Å². The third-order valence-corrected chi connectivity index (χ3v) is 5.52. The van der Waals surface area contributed by atoms with Crippen molar-refractivity contribution < 1.29 is 9.53 Å². The fourth-order valence-corrected chi connectivity index (χ4v) is 3.81. The standard InChI is InChI=1S/C24H20ClN3O2S/c25-20-8-4-5-9-21(20)27-24-28-22(16-31-24)18-10-12-19(13-11-18)26-23(29)15-30-14-17-6-2-1-3-7-17/h1-13,16H,14-15H2,(H,26,29)(H,27,28). The van der Waals surface area contributed by atoms with E-state index in [9.17, 15) is 4.79 Å². The molecule has 0 radical (unpaired) electrons. The molecule has 1 amide bonds. The number of nitrogens with zero attached hydrogens (tertiary/aromatic N) is 1. The van der Waals surface area contributed by atoms with Gasteiger partial charge in [0.15, 0.2) is 5.13 Å². The SMILES string of the molecule is O=C(COCc1ccccc1)Nc1ccc(-c2csc(Nc3ccccc3Cl)n2)cc1. The average molecular weight is 450 g/mol. The molecule has 0 unspecified atom stereocenters. The molecule has 0 spiro atoms. The van der Waals surface area contributed by atoms with Gasteiger partial charge in [-0.2, -0.15) is 0 Å². The molecule has 3 aromatic carbocycles. The van der Waals surface area contributed by atoms with E-state index >= 15 is 0 Å². The summed E-state index contributed by atoms with van der Waals surface area (Å²) in [5, 5.41) is 9.46. The summed E-state index contributed by atoms with van der Waals surface area (Å²) < 4.78 is 5.47. The molecule has 31 heavy (non-hydrogen) atoms. The second kappa shape index (κ2) is 10.2. The van der Waals surface area contributed by atoms with Crippen LogP contribution in [0.3, 0.4) is 0 Å². The smallest absolute Gasteiger partial charge is 0.250 e. The third-order valence-electron chi connectivity index (χ3n) is 4.43. The van der Waals surface area contributed by atoms with Crippen LogP contribution in [0.5, 0.6) is 0 Å². The summed E-state index contributed by atoms with van der Waals surface area (Å²) in [7, 11) is 0. The first-order valence-corrected chi connectivity index (χ1v) is 10.9. The topological polar surface area (TPSA) is 63.2 Å². The number of ether oxygens (including phenoxy) is 1. The summed E-state index contributed by atoms with van der Waals surface area (Å²) in [6.07, 6.45) is 0. The van der Waals surface area contributed by atoms with E-state index in [1.165, 1.54) is 11.3 Å². The molecule has 1 heterocycles. The van der Waals surface area contributed by atoms with E-state index in [0.717, 1.165) is 27.6 Å². The minimum absolute atomic E-state index is 0.000192. The normalized spacial score (nSPS) is 10.6. The van der Waals surface area contributed by atoms with Crippen molar-refractivity contribution in [1.29, 1.82) is 0 Å². The quantitative estimate of drug-likeness (QED) is 0.328. The highest BCUT2D eigenvalue weighted by Gasteiger charge is 2.08. The van der Waals surface area contributed by atoms with Crippen molar-refractivity contribution in [2.75, 3.05) is 17.2 Å². The van der Waals surface area contributed by atoms with Gasteiger partial charge in [0.1, 0.15) is 6.61 Å². The molecule has 0 saturated carbocycles. The predicted octanol–water partition coefficient (Wildman–Crippen LogP) is 6.36. The van der Waals surface area contributed by atoms with Gasteiger partial charge in [-0.3, -0.25) is 4.79 Å². The van der Waals surface area contributed by atoms with Crippen LogP contribution in [0.25, 0.3) is 11.3 Å². The molecule has 2 N–H and O–H groups in total. The Morgan fingerprint density at radius 2 is 1.71 bits per heavy atom. The monoisotopic (exact) mass is 449 g/mol. The molecule has 0 aliphatic rings. The zero-order valence-electron chi connectivity index (χ0n) is 16.5. The number of rotatable bonds is 8. The first-order valence-electron chi connectivity index (χ1n) is 9.66. The van der Waals surface area contributed by atoms with E-state index in [2.05, 4.69) is 15.6 Å². The highest BCUT2D eigenvalue weighted by Crippen LogP contribution is 2.30. The van der Waals surface area contributed by atoms with Crippen molar-refractivity contribution in [3.63, 3.8) is 0 Å². The number of carbonyl (C=O) groups is 1. The largest absolute Gasteiger partial charge is 0.367 e. The second-order valence-corrected chi connectivity index (χ2v) is 8.01. The molecule has 4 rings (SSSR count). The van der Waals surface area contributed by atoms with Gasteiger partial charge in [-0.15, -0.1) is 11.3 Å². The number of nitrogens with one attached hydrogen (secondary N) is 2. The molecule has 0 saturated heterocycles. The fourth-order valence-electron chi connectivity index (χ4n) is 2.90. The lowest BCUT2D eigenvalue weighted by molar-refractivity contribution is -0.121. The maximum absolute atomic E-state index is 12.1. The van der Waals surface area contributed by atoms with Crippen LogP contribution in [0.2, 0.25) is 5.02 Å². The lowest BCUT2D eigenvalue weighted by Gasteiger charge is -2.07. The minimum Gasteiger partial charge on any atom is -0.367 e. The summed E-state index contributed by atoms with van der Waals surface area (Å²) in [5.41, 5.74) is 4.37. The molecule has 7 heteroatoms. The van der Waals surface area contributed by atoms with Gasteiger partial charge in [0.25, 0.3) is 0 Å². The van der Waals surface area contributed by atoms with Gasteiger partial charge < -0.3 is 15.4 Å². The Hall–Kier alpha value is -3.19. The fraction of sp³-hybridized carbons (Fsp3) is 0.0833. The zero-order chi connectivity index (χ0) is 21.5.